The molecule has 1 aliphatic rings. The molecule has 0 amide bonds. The third-order valence-electron chi connectivity index (χ3n) is 9.62. The zero-order valence-corrected chi connectivity index (χ0v) is 25.8. The fourth-order valence-corrected chi connectivity index (χ4v) is 7.31. The topological polar surface area (TPSA) is 31.5 Å². The van der Waals surface area contributed by atoms with Crippen LogP contribution in [0.3, 0.4) is 0 Å². The van der Waals surface area contributed by atoms with E-state index in [1.54, 1.807) is 34.9 Å². The van der Waals surface area contributed by atoms with Gasteiger partial charge in [0.1, 0.15) is 11.5 Å². The smallest absolute Gasteiger partial charge is 0.220 e. The van der Waals surface area contributed by atoms with Crippen molar-refractivity contribution in [2.75, 3.05) is 0 Å². The third kappa shape index (κ3) is 3.85. The number of hydrogen-bond acceptors (Lipinski definition) is 2. The van der Waals surface area contributed by atoms with Gasteiger partial charge < -0.3 is 4.74 Å². The number of ether oxygens (including phenoxy) is 1. The van der Waals surface area contributed by atoms with Crippen LogP contribution < -0.4 is 4.74 Å². The van der Waals surface area contributed by atoms with Crippen LogP contribution in [0.15, 0.2) is 121 Å². The van der Waals surface area contributed by atoms with Crippen molar-refractivity contribution in [2.24, 2.45) is 0 Å². The molecule has 9 rings (SSSR count). The van der Waals surface area contributed by atoms with E-state index in [-0.39, 0.29) is 38.9 Å². The molecule has 0 N–H and O–H groups in total. The SMILES string of the molecule is [2H]C([2H])([2H])c1ccc(-c2cccc(-n3c4ccccc4n4c5ccccc5nc34)c2C([2H])([2H])[2H])c(C([2H])([2H])[2H])c1-c1cccc2c1Oc1ccccc1C2(C)C. The summed E-state index contributed by atoms with van der Waals surface area (Å²) in [6.45, 7) is -4.33. The van der Waals surface area contributed by atoms with Gasteiger partial charge in [-0.1, -0.05) is 98.8 Å². The van der Waals surface area contributed by atoms with Crippen molar-refractivity contribution in [1.29, 1.82) is 0 Å². The van der Waals surface area contributed by atoms with Gasteiger partial charge in [-0.15, -0.1) is 0 Å². The summed E-state index contributed by atoms with van der Waals surface area (Å²) in [5.41, 5.74) is 4.38. The number of rotatable bonds is 3. The summed E-state index contributed by atoms with van der Waals surface area (Å²) in [5, 5.41) is 0. The van der Waals surface area contributed by atoms with Gasteiger partial charge in [0.2, 0.25) is 5.78 Å². The molecule has 4 heteroatoms. The molecule has 0 radical (unpaired) electrons. The van der Waals surface area contributed by atoms with E-state index in [1.165, 1.54) is 12.1 Å². The Morgan fingerprint density at radius 3 is 2.17 bits per heavy atom. The van der Waals surface area contributed by atoms with Crippen LogP contribution in [0.5, 0.6) is 11.5 Å². The summed E-state index contributed by atoms with van der Waals surface area (Å²) in [6.07, 6.45) is 0. The Labute approximate surface area is 287 Å². The van der Waals surface area contributed by atoms with Gasteiger partial charge in [-0.05, 0) is 90.3 Å². The van der Waals surface area contributed by atoms with Crippen molar-refractivity contribution in [3.63, 3.8) is 0 Å². The summed E-state index contributed by atoms with van der Waals surface area (Å²) in [7, 11) is 0. The van der Waals surface area contributed by atoms with Crippen molar-refractivity contribution >= 4 is 27.8 Å². The monoisotopic (exact) mass is 618 g/mol. The summed E-state index contributed by atoms with van der Waals surface area (Å²) in [6, 6.07) is 36.0. The molecule has 0 aliphatic carbocycles. The molecule has 3 heterocycles. The Balaban J connectivity index is 1.39. The molecular weight excluding hydrogens is 574 g/mol. The first-order valence-electron chi connectivity index (χ1n) is 20.1. The molecule has 0 atom stereocenters. The van der Waals surface area contributed by atoms with Crippen molar-refractivity contribution in [2.45, 2.75) is 39.8 Å². The van der Waals surface area contributed by atoms with Gasteiger partial charge in [0.05, 0.1) is 27.8 Å². The van der Waals surface area contributed by atoms with Gasteiger partial charge in [0, 0.05) is 34.4 Å². The van der Waals surface area contributed by atoms with E-state index < -0.39 is 26.0 Å². The maximum absolute atomic E-state index is 9.04. The third-order valence-corrected chi connectivity index (χ3v) is 9.62. The second kappa shape index (κ2) is 9.94. The molecule has 4 nitrogen and oxygen atoms in total. The lowest BCUT2D eigenvalue weighted by Gasteiger charge is -2.35. The van der Waals surface area contributed by atoms with Crippen LogP contribution in [0.1, 0.15) is 54.0 Å². The predicted octanol–water partition coefficient (Wildman–Crippen LogP) is 11.1. The summed E-state index contributed by atoms with van der Waals surface area (Å²) < 4.78 is 90.4. The molecule has 0 unspecified atom stereocenters. The molecule has 8 aromatic rings. The van der Waals surface area contributed by atoms with Crippen LogP contribution in [-0.4, -0.2) is 14.0 Å². The lowest BCUT2D eigenvalue weighted by molar-refractivity contribution is 0.419. The van der Waals surface area contributed by atoms with Crippen LogP contribution in [0.4, 0.5) is 0 Å². The molecule has 6 aromatic carbocycles. The lowest BCUT2D eigenvalue weighted by atomic mass is 9.74. The molecule has 0 bridgehead atoms. The first kappa shape index (κ1) is 19.8. The van der Waals surface area contributed by atoms with Crippen LogP contribution >= 0.6 is 0 Å². The van der Waals surface area contributed by atoms with Crippen LogP contribution in [0, 0.1) is 20.6 Å². The molecule has 0 saturated heterocycles. The highest BCUT2D eigenvalue weighted by Crippen LogP contribution is 2.52. The van der Waals surface area contributed by atoms with Crippen LogP contribution in [-0.2, 0) is 5.41 Å². The van der Waals surface area contributed by atoms with E-state index in [2.05, 4.69) is 0 Å². The molecule has 0 saturated carbocycles. The summed E-state index contributed by atoms with van der Waals surface area (Å²) in [5.74, 6) is 1.41. The van der Waals surface area contributed by atoms with Crippen molar-refractivity contribution in [3.05, 3.63) is 149 Å². The molecule has 2 aromatic heterocycles. The number of imidazole rings is 2. The maximum atomic E-state index is 9.04. The Hall–Kier alpha value is -5.61. The van der Waals surface area contributed by atoms with Gasteiger partial charge in [0.15, 0.2) is 0 Å². The van der Waals surface area contributed by atoms with E-state index in [1.807, 2.05) is 97.1 Å². The van der Waals surface area contributed by atoms with E-state index in [9.17, 15) is 0 Å². The zero-order chi connectivity index (χ0) is 39.5. The van der Waals surface area contributed by atoms with Crippen LogP contribution in [0.25, 0.3) is 55.8 Å². The van der Waals surface area contributed by atoms with E-state index >= 15 is 0 Å². The van der Waals surface area contributed by atoms with Gasteiger partial charge in [0.25, 0.3) is 0 Å². The molecule has 0 fully saturated rings. The highest BCUT2D eigenvalue weighted by molar-refractivity contribution is 5.93. The normalized spacial score (nSPS) is 17.2. The second-order valence-corrected chi connectivity index (χ2v) is 12.6. The van der Waals surface area contributed by atoms with Crippen molar-refractivity contribution in [1.82, 2.24) is 14.0 Å². The van der Waals surface area contributed by atoms with Crippen LogP contribution in [0.2, 0.25) is 0 Å². The largest absolute Gasteiger partial charge is 0.456 e. The second-order valence-electron chi connectivity index (χ2n) is 12.6. The molecule has 47 heavy (non-hydrogen) atoms. The average Bonchev–Trinajstić information content (AvgIpc) is 3.67. The van der Waals surface area contributed by atoms with Gasteiger partial charge >= 0.3 is 0 Å². The first-order chi connectivity index (χ1) is 26.5. The Bertz CT molecular complexity index is 2890. The van der Waals surface area contributed by atoms with E-state index in [0.717, 1.165) is 27.7 Å². The standard InChI is InChI=1S/C43H35N3O/c1-26-24-25-30(28(3)40(26)31-15-12-17-33-41(31)47-39-23-11-6-16-32(39)43(33,4)5)29-14-13-22-35(27(29)2)45-37-20-9-10-21-38(37)46-36-19-8-7-18-34(36)44-42(45)46/h6-25H,1-5H3/i1D3,2D3,3D3. The minimum absolute atomic E-state index is 0.0373. The summed E-state index contributed by atoms with van der Waals surface area (Å²) in [4.78, 5) is 4.95. The minimum atomic E-state index is -2.91. The highest BCUT2D eigenvalue weighted by Gasteiger charge is 2.35. The molecular formula is C43H35N3O. The van der Waals surface area contributed by atoms with Gasteiger partial charge in [-0.25, -0.2) is 4.98 Å². The molecule has 1 aliphatic heterocycles. The number of para-hydroxylation sites is 6. The van der Waals surface area contributed by atoms with Crippen molar-refractivity contribution in [3.8, 4) is 39.4 Å². The number of aryl methyl sites for hydroxylation is 1. The quantitative estimate of drug-likeness (QED) is 0.197. The van der Waals surface area contributed by atoms with E-state index in [4.69, 9.17) is 22.1 Å². The number of aromatic nitrogens is 3. The minimum Gasteiger partial charge on any atom is -0.456 e. The zero-order valence-electron chi connectivity index (χ0n) is 34.8. The highest BCUT2D eigenvalue weighted by atomic mass is 16.5. The number of nitrogens with zero attached hydrogens (tertiary/aromatic N) is 3. The predicted molar refractivity (Wildman–Crippen MR) is 193 cm³/mol. The first-order valence-corrected chi connectivity index (χ1v) is 15.6. The Kier molecular flexibility index (Phi) is 4.19. The molecule has 228 valence electrons. The Morgan fingerprint density at radius 2 is 1.32 bits per heavy atom. The van der Waals surface area contributed by atoms with Gasteiger partial charge in [-0.3, -0.25) is 8.97 Å². The number of hydrogen-bond donors (Lipinski definition) is 0. The fourth-order valence-electron chi connectivity index (χ4n) is 7.31. The van der Waals surface area contributed by atoms with Crippen molar-refractivity contribution < 1.29 is 17.1 Å². The van der Waals surface area contributed by atoms with Gasteiger partial charge in [-0.2, -0.15) is 0 Å². The average molecular weight is 619 g/mol. The number of benzene rings is 6. The Morgan fingerprint density at radius 1 is 0.617 bits per heavy atom. The summed E-state index contributed by atoms with van der Waals surface area (Å²) >= 11 is 0. The molecule has 0 spiro atoms. The lowest BCUT2D eigenvalue weighted by Crippen LogP contribution is -2.24. The van der Waals surface area contributed by atoms with E-state index in [0.29, 0.717) is 28.5 Å². The maximum Gasteiger partial charge on any atom is 0.220 e. The number of fused-ring (bicyclic) bond motifs is 7. The fraction of sp³-hybridized carbons (Fsp3) is 0.140.